The molecule has 1 atom stereocenters. The fourth-order valence-corrected chi connectivity index (χ4v) is 3.60. The van der Waals surface area contributed by atoms with Crippen LogP contribution in [0.1, 0.15) is 21.5 Å². The second-order valence-corrected chi connectivity index (χ2v) is 6.88. The molecule has 134 valence electrons. The molecule has 1 unspecified atom stereocenters. The molecule has 2 aromatic rings. The van der Waals surface area contributed by atoms with Gasteiger partial charge in [-0.05, 0) is 25.2 Å². The maximum absolute atomic E-state index is 12.8. The highest BCUT2D eigenvalue weighted by Crippen LogP contribution is 2.47. The minimum atomic E-state index is -1.33. The number of amides is 1. The van der Waals surface area contributed by atoms with E-state index in [1.54, 1.807) is 18.2 Å². The molecule has 2 aromatic carbocycles. The third-order valence-corrected chi connectivity index (χ3v) is 5.24. The van der Waals surface area contributed by atoms with E-state index in [9.17, 15) is 9.90 Å². The number of ether oxygens (including phenoxy) is 1. The second kappa shape index (κ2) is 6.27. The van der Waals surface area contributed by atoms with Crippen molar-refractivity contribution in [3.63, 3.8) is 0 Å². The van der Waals surface area contributed by atoms with E-state index in [1.165, 1.54) is 6.08 Å². The highest BCUT2D eigenvalue weighted by atomic mass is 16.5. The predicted molar refractivity (Wildman–Crippen MR) is 99.6 cm³/mol. The zero-order valence-corrected chi connectivity index (χ0v) is 14.8. The van der Waals surface area contributed by atoms with Crippen molar-refractivity contribution in [2.45, 2.75) is 5.60 Å². The monoisotopic (exact) mass is 350 g/mol. The van der Waals surface area contributed by atoms with Gasteiger partial charge >= 0.3 is 0 Å². The van der Waals surface area contributed by atoms with Crippen molar-refractivity contribution in [2.24, 2.45) is 0 Å². The first-order chi connectivity index (χ1) is 12.5. The second-order valence-electron chi connectivity index (χ2n) is 6.88. The van der Waals surface area contributed by atoms with Gasteiger partial charge in [-0.1, -0.05) is 36.9 Å². The van der Waals surface area contributed by atoms with Crippen LogP contribution in [0.15, 0.2) is 55.1 Å². The third kappa shape index (κ3) is 2.60. The van der Waals surface area contributed by atoms with Crippen LogP contribution in [0.25, 0.3) is 0 Å². The van der Waals surface area contributed by atoms with Gasteiger partial charge < -0.3 is 19.6 Å². The largest absolute Gasteiger partial charge is 0.456 e. The van der Waals surface area contributed by atoms with Gasteiger partial charge in [0.2, 0.25) is 0 Å². The third-order valence-electron chi connectivity index (χ3n) is 5.24. The summed E-state index contributed by atoms with van der Waals surface area (Å²) in [7, 11) is 2.06. The van der Waals surface area contributed by atoms with Gasteiger partial charge in [0.05, 0.1) is 0 Å². The molecule has 0 aromatic heterocycles. The first-order valence-corrected chi connectivity index (χ1v) is 8.78. The van der Waals surface area contributed by atoms with E-state index < -0.39 is 5.60 Å². The van der Waals surface area contributed by atoms with Crippen LogP contribution in [0.3, 0.4) is 0 Å². The molecule has 1 amide bonds. The Morgan fingerprint density at radius 1 is 1.12 bits per heavy atom. The normalized spacial score (nSPS) is 22.2. The van der Waals surface area contributed by atoms with Crippen molar-refractivity contribution in [1.82, 2.24) is 9.80 Å². The number of hydrogen-bond acceptors (Lipinski definition) is 4. The van der Waals surface area contributed by atoms with Gasteiger partial charge in [0.25, 0.3) is 5.91 Å². The van der Waals surface area contributed by atoms with Crippen LogP contribution < -0.4 is 4.74 Å². The number of rotatable bonds is 2. The first kappa shape index (κ1) is 16.8. The maximum atomic E-state index is 12.8. The van der Waals surface area contributed by atoms with Crippen LogP contribution in [0.4, 0.5) is 0 Å². The molecule has 2 aliphatic heterocycles. The van der Waals surface area contributed by atoms with Gasteiger partial charge in [-0.15, -0.1) is 0 Å². The van der Waals surface area contributed by atoms with Crippen molar-refractivity contribution in [3.8, 4) is 11.5 Å². The summed E-state index contributed by atoms with van der Waals surface area (Å²) in [4.78, 5) is 16.9. The predicted octanol–water partition coefficient (Wildman–Crippen LogP) is 2.60. The van der Waals surface area contributed by atoms with Gasteiger partial charge in [-0.2, -0.15) is 0 Å². The van der Waals surface area contributed by atoms with Crippen molar-refractivity contribution in [1.29, 1.82) is 0 Å². The summed E-state index contributed by atoms with van der Waals surface area (Å²) in [6.45, 7) is 6.98. The number of aliphatic hydroxyl groups is 1. The Kier molecular flexibility index (Phi) is 4.05. The van der Waals surface area contributed by atoms with Crippen LogP contribution in [0, 0.1) is 0 Å². The van der Waals surface area contributed by atoms with Gasteiger partial charge in [-0.3, -0.25) is 4.79 Å². The highest BCUT2D eigenvalue weighted by Gasteiger charge is 2.38. The molecule has 0 bridgehead atoms. The number of nitrogens with zero attached hydrogens (tertiary/aromatic N) is 2. The van der Waals surface area contributed by atoms with Gasteiger partial charge in [0.15, 0.2) is 0 Å². The average molecular weight is 350 g/mol. The summed E-state index contributed by atoms with van der Waals surface area (Å²) in [6.07, 6.45) is 1.51. The summed E-state index contributed by atoms with van der Waals surface area (Å²) in [5.74, 6) is 1.06. The van der Waals surface area contributed by atoms with Crippen molar-refractivity contribution < 1.29 is 14.6 Å². The van der Waals surface area contributed by atoms with Crippen LogP contribution in [0.2, 0.25) is 0 Å². The summed E-state index contributed by atoms with van der Waals surface area (Å²) in [6, 6.07) is 12.6. The van der Waals surface area contributed by atoms with Crippen molar-refractivity contribution >= 4 is 5.91 Å². The summed E-state index contributed by atoms with van der Waals surface area (Å²) in [5.41, 5.74) is 0.487. The first-order valence-electron chi connectivity index (χ1n) is 8.78. The fourth-order valence-electron chi connectivity index (χ4n) is 3.60. The van der Waals surface area contributed by atoms with E-state index in [-0.39, 0.29) is 5.91 Å². The highest BCUT2D eigenvalue weighted by molar-refractivity contribution is 5.95. The van der Waals surface area contributed by atoms with Crippen molar-refractivity contribution in [2.75, 3.05) is 33.2 Å². The van der Waals surface area contributed by atoms with E-state index in [0.717, 1.165) is 13.1 Å². The maximum Gasteiger partial charge on any atom is 0.254 e. The SMILES string of the molecule is C=CC1(O)c2ccccc2Oc2cc(C(=O)N3CCN(C)CC3)ccc21. The van der Waals surface area contributed by atoms with Crippen LogP contribution in [-0.2, 0) is 5.60 Å². The Morgan fingerprint density at radius 3 is 2.54 bits per heavy atom. The number of para-hydroxylation sites is 1. The van der Waals surface area contributed by atoms with Gasteiger partial charge in [0, 0.05) is 42.9 Å². The fraction of sp³-hybridized carbons (Fsp3) is 0.286. The number of carbonyl (C=O) groups is 1. The molecular weight excluding hydrogens is 328 g/mol. The zero-order chi connectivity index (χ0) is 18.3. The molecule has 0 saturated carbocycles. The van der Waals surface area contributed by atoms with Crippen LogP contribution in [-0.4, -0.2) is 54.0 Å². The molecule has 1 saturated heterocycles. The summed E-state index contributed by atoms with van der Waals surface area (Å²) < 4.78 is 5.98. The standard InChI is InChI=1S/C21H22N2O3/c1-3-21(25)16-6-4-5-7-18(16)26-19-14-15(8-9-17(19)21)20(24)23-12-10-22(2)11-13-23/h3-9,14,25H,1,10-13H2,2H3. The molecular formula is C21H22N2O3. The minimum absolute atomic E-state index is 0.00879. The Bertz CT molecular complexity index is 871. The lowest BCUT2D eigenvalue weighted by atomic mass is 9.83. The number of fused-ring (bicyclic) bond motifs is 2. The number of piperazine rings is 1. The smallest absolute Gasteiger partial charge is 0.254 e. The number of likely N-dealkylation sites (N-methyl/N-ethyl adjacent to an activating group) is 1. The Hall–Kier alpha value is -2.63. The zero-order valence-electron chi connectivity index (χ0n) is 14.8. The lowest BCUT2D eigenvalue weighted by Crippen LogP contribution is -2.47. The molecule has 0 aliphatic carbocycles. The van der Waals surface area contributed by atoms with Gasteiger partial charge in [0.1, 0.15) is 17.1 Å². The summed E-state index contributed by atoms with van der Waals surface area (Å²) in [5, 5.41) is 11.2. The topological polar surface area (TPSA) is 53.0 Å². The van der Waals surface area contributed by atoms with E-state index in [2.05, 4.69) is 18.5 Å². The van der Waals surface area contributed by atoms with Crippen LogP contribution in [0.5, 0.6) is 11.5 Å². The number of hydrogen-bond donors (Lipinski definition) is 1. The molecule has 2 aliphatic rings. The molecule has 0 radical (unpaired) electrons. The number of benzene rings is 2. The summed E-state index contributed by atoms with van der Waals surface area (Å²) >= 11 is 0. The Morgan fingerprint density at radius 2 is 1.81 bits per heavy atom. The molecule has 4 rings (SSSR count). The molecule has 0 spiro atoms. The number of carbonyl (C=O) groups excluding carboxylic acids is 1. The van der Waals surface area contributed by atoms with E-state index in [1.807, 2.05) is 29.2 Å². The molecule has 5 heteroatoms. The lowest BCUT2D eigenvalue weighted by molar-refractivity contribution is 0.0663. The Balaban J connectivity index is 1.70. The lowest BCUT2D eigenvalue weighted by Gasteiger charge is -2.35. The van der Waals surface area contributed by atoms with E-state index in [4.69, 9.17) is 4.74 Å². The molecule has 5 nitrogen and oxygen atoms in total. The van der Waals surface area contributed by atoms with Gasteiger partial charge in [-0.25, -0.2) is 0 Å². The average Bonchev–Trinajstić information content (AvgIpc) is 2.68. The van der Waals surface area contributed by atoms with Crippen LogP contribution >= 0.6 is 0 Å². The molecule has 2 heterocycles. The Labute approximate surface area is 153 Å². The van der Waals surface area contributed by atoms with E-state index >= 15 is 0 Å². The quantitative estimate of drug-likeness (QED) is 0.846. The van der Waals surface area contributed by atoms with E-state index in [0.29, 0.717) is 41.3 Å². The molecule has 1 N–H and O–H groups in total. The minimum Gasteiger partial charge on any atom is -0.456 e. The molecule has 1 fully saturated rings. The van der Waals surface area contributed by atoms with Crippen molar-refractivity contribution in [3.05, 3.63) is 71.8 Å². The molecule has 26 heavy (non-hydrogen) atoms.